The van der Waals surface area contributed by atoms with Gasteiger partial charge in [-0.1, -0.05) is 24.3 Å². The number of imidazole rings is 1. The van der Waals surface area contributed by atoms with Gasteiger partial charge in [-0.25, -0.2) is 4.98 Å². The van der Waals surface area contributed by atoms with E-state index in [1.807, 2.05) is 59.1 Å². The quantitative estimate of drug-likeness (QED) is 0.583. The van der Waals surface area contributed by atoms with Crippen LogP contribution >= 0.6 is 0 Å². The number of benzene rings is 1. The number of nitrogens with one attached hydrogen (secondary N) is 1. The summed E-state index contributed by atoms with van der Waals surface area (Å²) in [5, 5.41) is 3.97. The first kappa shape index (κ1) is 17.8. The summed E-state index contributed by atoms with van der Waals surface area (Å²) >= 11 is 0. The minimum atomic E-state index is -0.252. The predicted octanol–water partition coefficient (Wildman–Crippen LogP) is 2.97. The third kappa shape index (κ3) is 3.46. The summed E-state index contributed by atoms with van der Waals surface area (Å²) in [7, 11) is 0. The molecule has 1 saturated heterocycles. The van der Waals surface area contributed by atoms with Crippen LogP contribution in [0.25, 0.3) is 16.4 Å². The molecule has 0 spiro atoms. The number of para-hydroxylation sites is 1. The number of hydrogen-bond donors (Lipinski definition) is 1. The van der Waals surface area contributed by atoms with E-state index in [0.29, 0.717) is 18.1 Å². The Morgan fingerprint density at radius 3 is 2.83 bits per heavy atom. The number of morpholine rings is 1. The molecule has 1 amide bonds. The van der Waals surface area contributed by atoms with Crippen LogP contribution in [0.4, 0.5) is 5.69 Å². The molecule has 1 aliphatic rings. The number of hydrogen-bond acceptors (Lipinski definition) is 5. The molecule has 1 N–H and O–H groups in total. The van der Waals surface area contributed by atoms with Gasteiger partial charge in [0.2, 0.25) is 5.82 Å². The number of carbonyl (C=O) groups excluding carboxylic acids is 1. The van der Waals surface area contributed by atoms with Crippen molar-refractivity contribution in [2.75, 3.05) is 31.6 Å². The smallest absolute Gasteiger partial charge is 0.292 e. The Labute approximate surface area is 167 Å². The fourth-order valence-electron chi connectivity index (χ4n) is 3.73. The van der Waals surface area contributed by atoms with Gasteiger partial charge in [-0.15, -0.1) is 0 Å². The zero-order valence-electron chi connectivity index (χ0n) is 15.9. The lowest BCUT2D eigenvalue weighted by atomic mass is 10.2. The van der Waals surface area contributed by atoms with Crippen LogP contribution in [-0.4, -0.2) is 51.5 Å². The van der Waals surface area contributed by atoms with Gasteiger partial charge in [0.1, 0.15) is 0 Å². The van der Waals surface area contributed by atoms with E-state index in [1.54, 1.807) is 6.20 Å². The summed E-state index contributed by atoms with van der Waals surface area (Å²) in [6.45, 7) is 3.89. The van der Waals surface area contributed by atoms with Crippen molar-refractivity contribution in [3.05, 3.63) is 72.4 Å². The molecule has 1 fully saturated rings. The van der Waals surface area contributed by atoms with E-state index in [2.05, 4.69) is 15.2 Å². The molecule has 1 aliphatic heterocycles. The summed E-state index contributed by atoms with van der Waals surface area (Å²) in [6.07, 6.45) is 3.60. The van der Waals surface area contributed by atoms with Gasteiger partial charge < -0.3 is 10.1 Å². The van der Waals surface area contributed by atoms with Gasteiger partial charge in [0.05, 0.1) is 35.6 Å². The SMILES string of the molecule is O=C(Nc1cccc2cccnc12)c1nc(CN2CCOCC2)c2ccccn12. The van der Waals surface area contributed by atoms with Crippen molar-refractivity contribution in [1.82, 2.24) is 19.3 Å². The first-order valence-corrected chi connectivity index (χ1v) is 9.71. The van der Waals surface area contributed by atoms with Gasteiger partial charge in [-0.05, 0) is 24.3 Å². The van der Waals surface area contributed by atoms with Gasteiger partial charge in [0.25, 0.3) is 5.91 Å². The zero-order chi connectivity index (χ0) is 19.6. The number of carbonyl (C=O) groups is 1. The Kier molecular flexibility index (Phi) is 4.67. The van der Waals surface area contributed by atoms with Crippen molar-refractivity contribution in [3.8, 4) is 0 Å². The molecule has 146 valence electrons. The van der Waals surface area contributed by atoms with Crippen LogP contribution in [-0.2, 0) is 11.3 Å². The highest BCUT2D eigenvalue weighted by Gasteiger charge is 2.20. The number of nitrogens with zero attached hydrogens (tertiary/aromatic N) is 4. The predicted molar refractivity (Wildman–Crippen MR) is 111 cm³/mol. The standard InChI is InChI=1S/C22H21N5O2/c28-22(25-17-7-3-5-16-6-4-9-23-20(16)17)21-24-18(15-26-11-13-29-14-12-26)19-8-1-2-10-27(19)21/h1-10H,11-15H2,(H,25,28). The van der Waals surface area contributed by atoms with Gasteiger partial charge in [-0.3, -0.25) is 19.1 Å². The Hall–Kier alpha value is -3.29. The second kappa shape index (κ2) is 7.62. The summed E-state index contributed by atoms with van der Waals surface area (Å²) < 4.78 is 7.28. The number of amides is 1. The Bertz CT molecular complexity index is 1170. The first-order valence-electron chi connectivity index (χ1n) is 9.71. The van der Waals surface area contributed by atoms with Gasteiger partial charge in [0.15, 0.2) is 0 Å². The molecule has 0 aliphatic carbocycles. The minimum Gasteiger partial charge on any atom is -0.379 e. The minimum absolute atomic E-state index is 0.252. The second-order valence-corrected chi connectivity index (χ2v) is 7.06. The van der Waals surface area contributed by atoms with Crippen LogP contribution in [0.3, 0.4) is 0 Å². The third-order valence-electron chi connectivity index (χ3n) is 5.19. The highest BCUT2D eigenvalue weighted by molar-refractivity contribution is 6.07. The van der Waals surface area contributed by atoms with Crippen LogP contribution in [0.5, 0.6) is 0 Å². The van der Waals surface area contributed by atoms with Gasteiger partial charge in [0, 0.05) is 37.4 Å². The fourth-order valence-corrected chi connectivity index (χ4v) is 3.73. The van der Waals surface area contributed by atoms with Crippen LogP contribution in [0.15, 0.2) is 60.9 Å². The zero-order valence-corrected chi connectivity index (χ0v) is 15.9. The molecule has 0 bridgehead atoms. The van der Waals surface area contributed by atoms with E-state index in [4.69, 9.17) is 9.72 Å². The molecular weight excluding hydrogens is 366 g/mol. The monoisotopic (exact) mass is 387 g/mol. The molecule has 7 nitrogen and oxygen atoms in total. The Balaban J connectivity index is 1.48. The average Bonchev–Trinajstić information content (AvgIpc) is 3.13. The lowest BCUT2D eigenvalue weighted by Crippen LogP contribution is -2.35. The number of pyridine rings is 2. The molecule has 0 atom stereocenters. The Morgan fingerprint density at radius 2 is 1.93 bits per heavy atom. The summed E-state index contributed by atoms with van der Waals surface area (Å²) in [4.78, 5) is 24.5. The molecule has 0 radical (unpaired) electrons. The number of fused-ring (bicyclic) bond motifs is 2. The fraction of sp³-hybridized carbons (Fsp3) is 0.227. The normalized spacial score (nSPS) is 15.0. The third-order valence-corrected chi connectivity index (χ3v) is 5.19. The lowest BCUT2D eigenvalue weighted by Gasteiger charge is -2.25. The maximum Gasteiger partial charge on any atom is 0.292 e. The van der Waals surface area contributed by atoms with Gasteiger partial charge >= 0.3 is 0 Å². The maximum absolute atomic E-state index is 13.1. The number of aromatic nitrogens is 3. The molecule has 4 aromatic rings. The summed E-state index contributed by atoms with van der Waals surface area (Å²) in [5.74, 6) is 0.120. The molecule has 1 aromatic carbocycles. The van der Waals surface area contributed by atoms with E-state index in [-0.39, 0.29) is 5.91 Å². The van der Waals surface area contributed by atoms with Crippen molar-refractivity contribution in [2.24, 2.45) is 0 Å². The average molecular weight is 387 g/mol. The van der Waals surface area contributed by atoms with Crippen LogP contribution in [0.1, 0.15) is 16.3 Å². The largest absolute Gasteiger partial charge is 0.379 e. The maximum atomic E-state index is 13.1. The van der Waals surface area contributed by atoms with E-state index < -0.39 is 0 Å². The van der Waals surface area contributed by atoms with E-state index in [0.717, 1.165) is 48.4 Å². The highest BCUT2D eigenvalue weighted by atomic mass is 16.5. The van der Waals surface area contributed by atoms with Crippen molar-refractivity contribution < 1.29 is 9.53 Å². The number of rotatable bonds is 4. The lowest BCUT2D eigenvalue weighted by molar-refractivity contribution is 0.0338. The second-order valence-electron chi connectivity index (χ2n) is 7.06. The number of ether oxygens (including phenoxy) is 1. The Morgan fingerprint density at radius 1 is 1.07 bits per heavy atom. The van der Waals surface area contributed by atoms with E-state index >= 15 is 0 Å². The van der Waals surface area contributed by atoms with Crippen LogP contribution in [0.2, 0.25) is 0 Å². The highest BCUT2D eigenvalue weighted by Crippen LogP contribution is 2.22. The molecule has 3 aromatic heterocycles. The molecule has 29 heavy (non-hydrogen) atoms. The molecule has 0 unspecified atom stereocenters. The molecule has 0 saturated carbocycles. The van der Waals surface area contributed by atoms with Crippen molar-refractivity contribution in [2.45, 2.75) is 6.54 Å². The van der Waals surface area contributed by atoms with Crippen LogP contribution in [0, 0.1) is 0 Å². The summed E-state index contributed by atoms with van der Waals surface area (Å²) in [6, 6.07) is 15.5. The molecular formula is C22H21N5O2. The van der Waals surface area contributed by atoms with E-state index in [1.165, 1.54) is 0 Å². The topological polar surface area (TPSA) is 71.8 Å². The van der Waals surface area contributed by atoms with Crippen LogP contribution < -0.4 is 5.32 Å². The molecule has 7 heteroatoms. The van der Waals surface area contributed by atoms with Crippen molar-refractivity contribution in [3.63, 3.8) is 0 Å². The number of anilines is 1. The van der Waals surface area contributed by atoms with E-state index in [9.17, 15) is 4.79 Å². The van der Waals surface area contributed by atoms with Crippen molar-refractivity contribution >= 4 is 28.0 Å². The van der Waals surface area contributed by atoms with Gasteiger partial charge in [-0.2, -0.15) is 0 Å². The van der Waals surface area contributed by atoms with Crippen molar-refractivity contribution in [1.29, 1.82) is 0 Å². The summed E-state index contributed by atoms with van der Waals surface area (Å²) in [5.41, 5.74) is 3.28. The first-order chi connectivity index (χ1) is 14.3. The molecule has 4 heterocycles. The molecule has 5 rings (SSSR count).